The molecule has 1 atom stereocenters. The number of nitrogens with zero attached hydrogens (tertiary/aromatic N) is 1. The molecule has 1 saturated heterocycles. The first kappa shape index (κ1) is 14.4. The van der Waals surface area contributed by atoms with Gasteiger partial charge in [-0.25, -0.2) is 0 Å². The van der Waals surface area contributed by atoms with Gasteiger partial charge in [-0.1, -0.05) is 26.0 Å². The highest BCUT2D eigenvalue weighted by molar-refractivity contribution is 5.46. The largest absolute Gasteiger partial charge is 0.382 e. The highest BCUT2D eigenvalue weighted by Crippen LogP contribution is 2.23. The summed E-state index contributed by atoms with van der Waals surface area (Å²) in [6.45, 7) is 9.28. The Kier molecular flexibility index (Phi) is 4.87. The number of likely N-dealkylation sites (tertiary alicyclic amines) is 1. The lowest BCUT2D eigenvalue weighted by Gasteiger charge is -2.33. The van der Waals surface area contributed by atoms with Gasteiger partial charge in [0.15, 0.2) is 0 Å². The SMILES string of the molecule is CC(C)c1ccc(NC(C)C2CCN(C)CC2)cc1. The maximum Gasteiger partial charge on any atom is 0.0342 e. The van der Waals surface area contributed by atoms with Gasteiger partial charge in [0, 0.05) is 11.7 Å². The topological polar surface area (TPSA) is 15.3 Å². The fraction of sp³-hybridized carbons (Fsp3) is 0.647. The number of rotatable bonds is 4. The molecule has 2 rings (SSSR count). The molecule has 0 aliphatic carbocycles. The number of hydrogen-bond acceptors (Lipinski definition) is 2. The third-order valence-corrected chi connectivity index (χ3v) is 4.44. The van der Waals surface area contributed by atoms with Crippen LogP contribution in [-0.2, 0) is 0 Å². The van der Waals surface area contributed by atoms with Crippen LogP contribution in [0.1, 0.15) is 45.1 Å². The zero-order chi connectivity index (χ0) is 13.8. The fourth-order valence-electron chi connectivity index (χ4n) is 2.87. The van der Waals surface area contributed by atoms with E-state index in [4.69, 9.17) is 0 Å². The minimum atomic E-state index is 0.568. The summed E-state index contributed by atoms with van der Waals surface area (Å²) < 4.78 is 0. The minimum absolute atomic E-state index is 0.568. The standard InChI is InChI=1S/C17H28N2/c1-13(2)15-5-7-17(8-6-15)18-14(3)16-9-11-19(4)12-10-16/h5-8,13-14,16,18H,9-12H2,1-4H3. The van der Waals surface area contributed by atoms with Gasteiger partial charge in [0.05, 0.1) is 0 Å². The van der Waals surface area contributed by atoms with Crippen LogP contribution in [0, 0.1) is 5.92 Å². The number of anilines is 1. The van der Waals surface area contributed by atoms with Gasteiger partial charge < -0.3 is 10.2 Å². The number of hydrogen-bond donors (Lipinski definition) is 1. The Labute approximate surface area is 118 Å². The molecule has 1 fully saturated rings. The van der Waals surface area contributed by atoms with Gasteiger partial charge in [-0.05, 0) is 69.4 Å². The first-order valence-electron chi connectivity index (χ1n) is 7.61. The fourth-order valence-corrected chi connectivity index (χ4v) is 2.87. The Morgan fingerprint density at radius 1 is 1.05 bits per heavy atom. The van der Waals surface area contributed by atoms with Crippen molar-refractivity contribution in [3.63, 3.8) is 0 Å². The van der Waals surface area contributed by atoms with E-state index >= 15 is 0 Å². The summed E-state index contributed by atoms with van der Waals surface area (Å²) in [5.74, 6) is 1.42. The Morgan fingerprint density at radius 2 is 1.63 bits per heavy atom. The lowest BCUT2D eigenvalue weighted by atomic mass is 9.90. The van der Waals surface area contributed by atoms with Crippen molar-refractivity contribution in [1.82, 2.24) is 4.90 Å². The van der Waals surface area contributed by atoms with Crippen molar-refractivity contribution in [2.45, 2.75) is 45.6 Å². The zero-order valence-electron chi connectivity index (χ0n) is 12.8. The van der Waals surface area contributed by atoms with Crippen molar-refractivity contribution < 1.29 is 0 Å². The quantitative estimate of drug-likeness (QED) is 0.881. The van der Waals surface area contributed by atoms with Crippen molar-refractivity contribution in [1.29, 1.82) is 0 Å². The molecule has 1 unspecified atom stereocenters. The van der Waals surface area contributed by atoms with Gasteiger partial charge in [-0.2, -0.15) is 0 Å². The van der Waals surface area contributed by atoms with Crippen LogP contribution in [0.3, 0.4) is 0 Å². The average molecular weight is 260 g/mol. The Morgan fingerprint density at radius 3 is 2.16 bits per heavy atom. The van der Waals surface area contributed by atoms with E-state index in [-0.39, 0.29) is 0 Å². The third kappa shape index (κ3) is 3.97. The van der Waals surface area contributed by atoms with Crippen LogP contribution in [0.15, 0.2) is 24.3 Å². The maximum absolute atomic E-state index is 3.67. The molecule has 106 valence electrons. The van der Waals surface area contributed by atoms with Crippen LogP contribution >= 0.6 is 0 Å². The molecule has 2 heteroatoms. The molecule has 1 aliphatic rings. The van der Waals surface area contributed by atoms with Gasteiger partial charge in [0.2, 0.25) is 0 Å². The monoisotopic (exact) mass is 260 g/mol. The van der Waals surface area contributed by atoms with Gasteiger partial charge in [0.1, 0.15) is 0 Å². The third-order valence-electron chi connectivity index (χ3n) is 4.44. The van der Waals surface area contributed by atoms with E-state index < -0.39 is 0 Å². The molecular weight excluding hydrogens is 232 g/mol. The van der Waals surface area contributed by atoms with Crippen LogP contribution in [0.5, 0.6) is 0 Å². The van der Waals surface area contributed by atoms with E-state index in [0.717, 1.165) is 5.92 Å². The molecule has 19 heavy (non-hydrogen) atoms. The molecule has 0 saturated carbocycles. The zero-order valence-corrected chi connectivity index (χ0v) is 12.8. The van der Waals surface area contributed by atoms with E-state index in [1.165, 1.54) is 37.2 Å². The summed E-state index contributed by atoms with van der Waals surface area (Å²) in [6, 6.07) is 9.50. The molecule has 0 aromatic heterocycles. The summed E-state index contributed by atoms with van der Waals surface area (Å²) in [4.78, 5) is 2.43. The smallest absolute Gasteiger partial charge is 0.0342 e. The molecule has 0 spiro atoms. The normalized spacial score (nSPS) is 19.6. The van der Waals surface area contributed by atoms with Crippen LogP contribution < -0.4 is 5.32 Å². The van der Waals surface area contributed by atoms with E-state index in [9.17, 15) is 0 Å². The summed E-state index contributed by atoms with van der Waals surface area (Å²) in [5.41, 5.74) is 2.67. The van der Waals surface area contributed by atoms with Crippen LogP contribution in [0.2, 0.25) is 0 Å². The van der Waals surface area contributed by atoms with E-state index in [2.05, 4.69) is 62.3 Å². The van der Waals surface area contributed by atoms with Crippen molar-refractivity contribution in [2.75, 3.05) is 25.5 Å². The maximum atomic E-state index is 3.67. The molecule has 1 aromatic carbocycles. The Hall–Kier alpha value is -1.02. The number of nitrogens with one attached hydrogen (secondary N) is 1. The summed E-state index contributed by atoms with van der Waals surface area (Å²) >= 11 is 0. The molecular formula is C17H28N2. The van der Waals surface area contributed by atoms with E-state index in [1.807, 2.05) is 0 Å². The van der Waals surface area contributed by atoms with E-state index in [0.29, 0.717) is 12.0 Å². The predicted octanol–water partition coefficient (Wildman–Crippen LogP) is 3.95. The van der Waals surface area contributed by atoms with Crippen molar-refractivity contribution in [3.8, 4) is 0 Å². The van der Waals surface area contributed by atoms with E-state index in [1.54, 1.807) is 0 Å². The summed E-state index contributed by atoms with van der Waals surface area (Å²) in [7, 11) is 2.22. The van der Waals surface area contributed by atoms with Gasteiger partial charge in [0.25, 0.3) is 0 Å². The van der Waals surface area contributed by atoms with Crippen LogP contribution in [0.4, 0.5) is 5.69 Å². The highest BCUT2D eigenvalue weighted by Gasteiger charge is 2.21. The highest BCUT2D eigenvalue weighted by atomic mass is 15.1. The van der Waals surface area contributed by atoms with Crippen molar-refractivity contribution in [2.24, 2.45) is 5.92 Å². The predicted molar refractivity (Wildman–Crippen MR) is 83.8 cm³/mol. The van der Waals surface area contributed by atoms with Gasteiger partial charge >= 0.3 is 0 Å². The minimum Gasteiger partial charge on any atom is -0.382 e. The van der Waals surface area contributed by atoms with Crippen LogP contribution in [-0.4, -0.2) is 31.1 Å². The van der Waals surface area contributed by atoms with Crippen molar-refractivity contribution >= 4 is 5.69 Å². The Balaban J connectivity index is 1.89. The number of benzene rings is 1. The molecule has 0 amide bonds. The van der Waals surface area contributed by atoms with Gasteiger partial charge in [-0.3, -0.25) is 0 Å². The molecule has 1 aromatic rings. The number of piperidine rings is 1. The first-order valence-corrected chi connectivity index (χ1v) is 7.61. The molecule has 1 heterocycles. The van der Waals surface area contributed by atoms with Crippen molar-refractivity contribution in [3.05, 3.63) is 29.8 Å². The molecule has 1 N–H and O–H groups in total. The second-order valence-electron chi connectivity index (χ2n) is 6.35. The lowest BCUT2D eigenvalue weighted by Crippen LogP contribution is -2.37. The molecule has 2 nitrogen and oxygen atoms in total. The second-order valence-corrected chi connectivity index (χ2v) is 6.35. The second kappa shape index (κ2) is 6.42. The van der Waals surface area contributed by atoms with Gasteiger partial charge in [-0.15, -0.1) is 0 Å². The Bertz CT molecular complexity index is 375. The molecule has 0 bridgehead atoms. The first-order chi connectivity index (χ1) is 9.06. The average Bonchev–Trinajstić information content (AvgIpc) is 2.40. The lowest BCUT2D eigenvalue weighted by molar-refractivity contribution is 0.208. The van der Waals surface area contributed by atoms with Crippen LogP contribution in [0.25, 0.3) is 0 Å². The summed E-state index contributed by atoms with van der Waals surface area (Å²) in [6.07, 6.45) is 2.63. The molecule has 0 radical (unpaired) electrons. The summed E-state index contributed by atoms with van der Waals surface area (Å²) in [5, 5.41) is 3.67. The molecule has 1 aliphatic heterocycles.